The van der Waals surface area contributed by atoms with Crippen LogP contribution in [-0.4, -0.2) is 9.97 Å². The average Bonchev–Trinajstić information content (AvgIpc) is 2.68. The maximum absolute atomic E-state index is 5.86. The molecule has 3 nitrogen and oxygen atoms in total. The van der Waals surface area contributed by atoms with E-state index in [-0.39, 0.29) is 0 Å². The van der Waals surface area contributed by atoms with Crippen molar-refractivity contribution in [3.63, 3.8) is 0 Å². The summed E-state index contributed by atoms with van der Waals surface area (Å²) in [5.74, 6) is 1.23. The van der Waals surface area contributed by atoms with Gasteiger partial charge < -0.3 is 5.73 Å². The first-order valence-corrected chi connectivity index (χ1v) is 6.72. The summed E-state index contributed by atoms with van der Waals surface area (Å²) in [6, 6.07) is 0. The van der Waals surface area contributed by atoms with E-state index in [1.807, 2.05) is 0 Å². The van der Waals surface area contributed by atoms with Gasteiger partial charge in [-0.15, -0.1) is 0 Å². The van der Waals surface area contributed by atoms with Gasteiger partial charge in [0.2, 0.25) is 0 Å². The third-order valence-electron chi connectivity index (χ3n) is 2.38. The lowest BCUT2D eigenvalue weighted by Crippen LogP contribution is -2.02. The number of rotatable bonds is 2. The maximum Gasteiger partial charge on any atom is 0.162 e. The van der Waals surface area contributed by atoms with Gasteiger partial charge in [-0.2, -0.15) is 11.3 Å². The lowest BCUT2D eigenvalue weighted by atomic mass is 10.2. The van der Waals surface area contributed by atoms with Crippen LogP contribution in [0.1, 0.15) is 18.2 Å². The number of hydrogen-bond donors (Lipinski definition) is 1. The molecule has 0 aromatic carbocycles. The first-order chi connectivity index (χ1) is 7.63. The Bertz CT molecular complexity index is 522. The van der Waals surface area contributed by atoms with Gasteiger partial charge in [-0.3, -0.25) is 0 Å². The van der Waals surface area contributed by atoms with Gasteiger partial charge in [-0.1, -0.05) is 6.92 Å². The van der Waals surface area contributed by atoms with Gasteiger partial charge in [-0.25, -0.2) is 9.97 Å². The summed E-state index contributed by atoms with van der Waals surface area (Å²) in [5.41, 5.74) is 9.07. The van der Waals surface area contributed by atoms with Crippen molar-refractivity contribution in [2.24, 2.45) is 0 Å². The van der Waals surface area contributed by atoms with Crippen molar-refractivity contribution in [3.8, 4) is 11.4 Å². The number of aromatic nitrogens is 2. The number of hydrogen-bond acceptors (Lipinski definition) is 4. The molecular weight excluding hydrogens is 286 g/mol. The van der Waals surface area contributed by atoms with Crippen LogP contribution in [0, 0.1) is 6.92 Å². The van der Waals surface area contributed by atoms with Crippen molar-refractivity contribution in [2.45, 2.75) is 20.3 Å². The number of nitrogen functional groups attached to an aromatic ring is 1. The van der Waals surface area contributed by atoms with Gasteiger partial charge in [-0.05, 0) is 40.2 Å². The van der Waals surface area contributed by atoms with E-state index in [1.165, 1.54) is 5.56 Å². The van der Waals surface area contributed by atoms with Gasteiger partial charge >= 0.3 is 0 Å². The highest BCUT2D eigenvalue weighted by molar-refractivity contribution is 9.10. The van der Waals surface area contributed by atoms with E-state index in [0.29, 0.717) is 5.82 Å². The Morgan fingerprint density at radius 1 is 1.38 bits per heavy atom. The molecule has 0 saturated heterocycles. The highest BCUT2D eigenvalue weighted by Gasteiger charge is 2.12. The van der Waals surface area contributed by atoms with Crippen LogP contribution in [0.3, 0.4) is 0 Å². The van der Waals surface area contributed by atoms with Crippen molar-refractivity contribution in [3.05, 3.63) is 26.5 Å². The smallest absolute Gasteiger partial charge is 0.162 e. The molecule has 0 saturated carbocycles. The van der Waals surface area contributed by atoms with E-state index in [9.17, 15) is 0 Å². The average molecular weight is 298 g/mol. The van der Waals surface area contributed by atoms with Crippen LogP contribution in [-0.2, 0) is 6.42 Å². The Morgan fingerprint density at radius 2 is 2.12 bits per heavy atom. The molecule has 2 N–H and O–H groups in total. The van der Waals surface area contributed by atoms with E-state index < -0.39 is 0 Å². The number of halogens is 1. The minimum Gasteiger partial charge on any atom is -0.383 e. The zero-order valence-electron chi connectivity index (χ0n) is 9.12. The monoisotopic (exact) mass is 297 g/mol. The summed E-state index contributed by atoms with van der Waals surface area (Å²) >= 11 is 5.06. The molecule has 0 aliphatic carbocycles. The molecule has 0 aliphatic rings. The summed E-state index contributed by atoms with van der Waals surface area (Å²) in [4.78, 5) is 8.83. The first-order valence-electron chi connectivity index (χ1n) is 4.98. The predicted octanol–water partition coefficient (Wildman–Crippen LogP) is 3.42. The normalized spacial score (nSPS) is 10.7. The fraction of sp³-hybridized carbons (Fsp3) is 0.273. The Kier molecular flexibility index (Phi) is 3.25. The van der Waals surface area contributed by atoms with Crippen LogP contribution in [0.15, 0.2) is 15.2 Å². The van der Waals surface area contributed by atoms with Gasteiger partial charge in [0.1, 0.15) is 5.82 Å². The molecule has 0 bridgehead atoms. The number of nitrogens with zero attached hydrogens (tertiary/aromatic N) is 2. The molecule has 0 unspecified atom stereocenters. The predicted molar refractivity (Wildman–Crippen MR) is 71.6 cm³/mol. The quantitative estimate of drug-likeness (QED) is 0.924. The van der Waals surface area contributed by atoms with Crippen molar-refractivity contribution in [1.29, 1.82) is 0 Å². The molecule has 5 heteroatoms. The van der Waals surface area contributed by atoms with Crippen LogP contribution in [0.2, 0.25) is 0 Å². The molecule has 0 fully saturated rings. The third-order valence-corrected chi connectivity index (χ3v) is 4.10. The second kappa shape index (κ2) is 4.51. The number of thiophene rings is 1. The summed E-state index contributed by atoms with van der Waals surface area (Å²) in [7, 11) is 0. The standard InChI is InChI=1S/C11H12BrN3S/c1-3-8-9(12)10(13)15-11(14-8)7-5-16-4-6(7)2/h4-5H,3H2,1-2H3,(H2,13,14,15). The van der Waals surface area contributed by atoms with Gasteiger partial charge in [0.25, 0.3) is 0 Å². The fourth-order valence-electron chi connectivity index (χ4n) is 1.46. The molecular formula is C11H12BrN3S. The van der Waals surface area contributed by atoms with Crippen molar-refractivity contribution in [2.75, 3.05) is 5.73 Å². The zero-order valence-corrected chi connectivity index (χ0v) is 11.5. The van der Waals surface area contributed by atoms with Crippen LogP contribution in [0.4, 0.5) is 5.82 Å². The Balaban J connectivity index is 2.59. The first kappa shape index (κ1) is 11.5. The minimum atomic E-state index is 0.507. The fourth-order valence-corrected chi connectivity index (χ4v) is 2.74. The van der Waals surface area contributed by atoms with Gasteiger partial charge in [0.05, 0.1) is 10.2 Å². The molecule has 0 radical (unpaired) electrons. The topological polar surface area (TPSA) is 51.8 Å². The second-order valence-corrected chi connectivity index (χ2v) is 5.05. The van der Waals surface area contributed by atoms with Crippen LogP contribution in [0.5, 0.6) is 0 Å². The molecule has 0 spiro atoms. The molecule has 0 atom stereocenters. The Hall–Kier alpha value is -0.940. The summed E-state index contributed by atoms with van der Waals surface area (Å²) in [6.07, 6.45) is 0.837. The lowest BCUT2D eigenvalue weighted by Gasteiger charge is -2.07. The summed E-state index contributed by atoms with van der Waals surface area (Å²) in [6.45, 7) is 4.11. The highest BCUT2D eigenvalue weighted by atomic mass is 79.9. The van der Waals surface area contributed by atoms with Gasteiger partial charge in [0, 0.05) is 10.9 Å². The van der Waals surface area contributed by atoms with Crippen LogP contribution >= 0.6 is 27.3 Å². The van der Waals surface area contributed by atoms with Crippen molar-refractivity contribution in [1.82, 2.24) is 9.97 Å². The van der Waals surface area contributed by atoms with Crippen LogP contribution < -0.4 is 5.73 Å². The molecule has 2 rings (SSSR count). The van der Waals surface area contributed by atoms with E-state index in [1.54, 1.807) is 11.3 Å². The molecule has 84 valence electrons. The molecule has 2 aromatic rings. The Morgan fingerprint density at radius 3 is 2.69 bits per heavy atom. The van der Waals surface area contributed by atoms with E-state index in [2.05, 4.69) is 50.5 Å². The van der Waals surface area contributed by atoms with Gasteiger partial charge in [0.15, 0.2) is 5.82 Å². The summed E-state index contributed by atoms with van der Waals surface area (Å²) in [5, 5.41) is 4.14. The number of aryl methyl sites for hydroxylation is 2. The molecule has 16 heavy (non-hydrogen) atoms. The lowest BCUT2D eigenvalue weighted by molar-refractivity contribution is 0.995. The van der Waals surface area contributed by atoms with E-state index in [4.69, 9.17) is 5.73 Å². The Labute approximate surface area is 107 Å². The highest BCUT2D eigenvalue weighted by Crippen LogP contribution is 2.28. The minimum absolute atomic E-state index is 0.507. The van der Waals surface area contributed by atoms with Crippen molar-refractivity contribution >= 4 is 33.1 Å². The summed E-state index contributed by atoms with van der Waals surface area (Å²) < 4.78 is 0.812. The third kappa shape index (κ3) is 1.97. The number of nitrogens with two attached hydrogens (primary N) is 1. The van der Waals surface area contributed by atoms with Crippen LogP contribution in [0.25, 0.3) is 11.4 Å². The molecule has 0 amide bonds. The van der Waals surface area contributed by atoms with Crippen molar-refractivity contribution < 1.29 is 0 Å². The van der Waals surface area contributed by atoms with E-state index >= 15 is 0 Å². The second-order valence-electron chi connectivity index (χ2n) is 3.52. The van der Waals surface area contributed by atoms with E-state index in [0.717, 1.165) is 28.0 Å². The zero-order chi connectivity index (χ0) is 11.7. The molecule has 2 heterocycles. The maximum atomic E-state index is 5.86. The number of anilines is 1. The largest absolute Gasteiger partial charge is 0.383 e. The molecule has 2 aromatic heterocycles. The SMILES string of the molecule is CCc1nc(-c2cscc2C)nc(N)c1Br. The molecule has 0 aliphatic heterocycles.